The molecular weight excluding hydrogens is 498 g/mol. The Hall–Kier alpha value is -3.62. The van der Waals surface area contributed by atoms with E-state index in [1.165, 1.54) is 27.0 Å². The summed E-state index contributed by atoms with van der Waals surface area (Å²) in [4.78, 5) is 26.9. The Morgan fingerprint density at radius 2 is 1.86 bits per heavy atom. The number of para-hydroxylation sites is 1. The van der Waals surface area contributed by atoms with Crippen LogP contribution in [-0.4, -0.2) is 33.7 Å². The summed E-state index contributed by atoms with van der Waals surface area (Å²) in [5.41, 5.74) is 4.85. The van der Waals surface area contributed by atoms with E-state index in [4.69, 9.17) is 0 Å². The minimum absolute atomic E-state index is 0.122. The number of carbonyl (C=O) groups is 1. The lowest BCUT2D eigenvalue weighted by molar-refractivity contribution is 0.0936. The van der Waals surface area contributed by atoms with Gasteiger partial charge in [-0.2, -0.15) is 0 Å². The van der Waals surface area contributed by atoms with Gasteiger partial charge >= 0.3 is 0 Å². The zero-order valence-corrected chi connectivity index (χ0v) is 22.2. The molecule has 188 valence electrons. The number of hydrogen-bond acceptors (Lipinski definition) is 6. The Labute approximate surface area is 225 Å². The first kappa shape index (κ1) is 25.0. The van der Waals surface area contributed by atoms with Crippen molar-refractivity contribution in [2.75, 3.05) is 18.1 Å². The quantitative estimate of drug-likeness (QED) is 0.125. The molecule has 37 heavy (non-hydrogen) atoms. The van der Waals surface area contributed by atoms with Crippen LogP contribution in [0.1, 0.15) is 40.8 Å². The van der Waals surface area contributed by atoms with Crippen molar-refractivity contribution in [3.8, 4) is 11.3 Å². The summed E-state index contributed by atoms with van der Waals surface area (Å²) in [7, 11) is 0. The van der Waals surface area contributed by atoms with Gasteiger partial charge in [-0.15, -0.1) is 23.1 Å². The van der Waals surface area contributed by atoms with E-state index >= 15 is 0 Å². The number of carbonyl (C=O) groups excluding carboxylic acids is 1. The fraction of sp³-hybridized carbons (Fsp3) is 0.207. The van der Waals surface area contributed by atoms with Crippen molar-refractivity contribution in [2.24, 2.45) is 0 Å². The molecule has 0 unspecified atom stereocenters. The fourth-order valence-corrected chi connectivity index (χ4v) is 5.44. The number of fused-ring (bicyclic) bond motifs is 1. The topological polar surface area (TPSA) is 82.7 Å². The first-order valence-corrected chi connectivity index (χ1v) is 14.4. The maximum Gasteiger partial charge on any atom is 0.263 e. The van der Waals surface area contributed by atoms with Gasteiger partial charge in [0, 0.05) is 22.7 Å². The number of H-pyrrole nitrogens is 1. The summed E-state index contributed by atoms with van der Waals surface area (Å²) in [5.74, 6) is 0.643. The Morgan fingerprint density at radius 1 is 1.03 bits per heavy atom. The SMILES string of the molecule is CSc1ccccc1NCCCC[C@H](NC(=O)c1cncs1)c1ncc(-c2ccc3ccccc3c2)[nH]1. The van der Waals surface area contributed by atoms with Crippen LogP contribution in [-0.2, 0) is 0 Å². The molecule has 3 N–H and O–H groups in total. The molecule has 0 aliphatic heterocycles. The molecule has 1 amide bonds. The van der Waals surface area contributed by atoms with Crippen molar-refractivity contribution in [1.29, 1.82) is 0 Å². The smallest absolute Gasteiger partial charge is 0.263 e. The summed E-state index contributed by atoms with van der Waals surface area (Å²) in [6.07, 6.45) is 8.24. The number of rotatable bonds is 11. The minimum Gasteiger partial charge on any atom is -0.384 e. The molecule has 0 saturated carbocycles. The lowest BCUT2D eigenvalue weighted by Gasteiger charge is -2.17. The predicted molar refractivity (Wildman–Crippen MR) is 154 cm³/mol. The molecule has 5 rings (SSSR count). The minimum atomic E-state index is -0.220. The zero-order valence-electron chi connectivity index (χ0n) is 20.6. The average molecular weight is 528 g/mol. The van der Waals surface area contributed by atoms with Gasteiger partial charge in [-0.25, -0.2) is 4.98 Å². The number of unbranched alkanes of at least 4 members (excludes halogenated alkanes) is 1. The normalized spacial score (nSPS) is 11.9. The van der Waals surface area contributed by atoms with Crippen LogP contribution in [0.15, 0.2) is 89.5 Å². The molecule has 0 spiro atoms. The number of thioether (sulfide) groups is 1. The summed E-state index contributed by atoms with van der Waals surface area (Å²) in [6.45, 7) is 0.869. The summed E-state index contributed by atoms with van der Waals surface area (Å²) in [6, 6.07) is 22.8. The highest BCUT2D eigenvalue weighted by atomic mass is 32.2. The van der Waals surface area contributed by atoms with Gasteiger partial charge < -0.3 is 15.6 Å². The zero-order chi connectivity index (χ0) is 25.5. The van der Waals surface area contributed by atoms with E-state index in [0.717, 1.165) is 48.6 Å². The van der Waals surface area contributed by atoms with E-state index in [9.17, 15) is 4.79 Å². The van der Waals surface area contributed by atoms with E-state index < -0.39 is 0 Å². The number of thiazole rings is 1. The van der Waals surface area contributed by atoms with Crippen molar-refractivity contribution >= 4 is 45.5 Å². The Kier molecular flexibility index (Phi) is 8.18. The van der Waals surface area contributed by atoms with Crippen molar-refractivity contribution in [3.63, 3.8) is 0 Å². The largest absolute Gasteiger partial charge is 0.384 e. The highest BCUT2D eigenvalue weighted by Gasteiger charge is 2.20. The lowest BCUT2D eigenvalue weighted by atomic mass is 10.1. The van der Waals surface area contributed by atoms with Crippen LogP contribution in [0.3, 0.4) is 0 Å². The molecule has 0 aliphatic carbocycles. The average Bonchev–Trinajstić information content (AvgIpc) is 3.65. The molecule has 5 aromatic rings. The van der Waals surface area contributed by atoms with Crippen LogP contribution in [0.25, 0.3) is 22.0 Å². The highest BCUT2D eigenvalue weighted by Crippen LogP contribution is 2.27. The van der Waals surface area contributed by atoms with Crippen molar-refractivity contribution in [3.05, 3.63) is 95.3 Å². The van der Waals surface area contributed by atoms with Crippen molar-refractivity contribution in [1.82, 2.24) is 20.3 Å². The van der Waals surface area contributed by atoms with Crippen LogP contribution in [0.5, 0.6) is 0 Å². The van der Waals surface area contributed by atoms with E-state index in [2.05, 4.69) is 86.4 Å². The molecule has 8 heteroatoms. The molecule has 0 aliphatic rings. The second kappa shape index (κ2) is 12.1. The number of nitrogens with zero attached hydrogens (tertiary/aromatic N) is 2. The predicted octanol–water partition coefficient (Wildman–Crippen LogP) is 7.16. The summed E-state index contributed by atoms with van der Waals surface area (Å²) >= 11 is 3.08. The van der Waals surface area contributed by atoms with Crippen LogP contribution in [0.2, 0.25) is 0 Å². The maximum absolute atomic E-state index is 12.9. The molecule has 0 saturated heterocycles. The van der Waals surface area contributed by atoms with Gasteiger partial charge in [0.25, 0.3) is 5.91 Å². The number of amides is 1. The first-order valence-electron chi connectivity index (χ1n) is 12.3. The van der Waals surface area contributed by atoms with Crippen molar-refractivity contribution in [2.45, 2.75) is 30.2 Å². The summed E-state index contributed by atoms with van der Waals surface area (Å²) in [5, 5.41) is 9.10. The Morgan fingerprint density at radius 3 is 2.70 bits per heavy atom. The third-order valence-corrected chi connectivity index (χ3v) is 7.86. The number of nitrogens with one attached hydrogen (secondary N) is 3. The Balaban J connectivity index is 1.27. The third kappa shape index (κ3) is 6.21. The van der Waals surface area contributed by atoms with Gasteiger partial charge in [0.2, 0.25) is 0 Å². The molecule has 0 bridgehead atoms. The van der Waals surface area contributed by atoms with Crippen LogP contribution in [0.4, 0.5) is 5.69 Å². The van der Waals surface area contributed by atoms with E-state index in [-0.39, 0.29) is 11.9 Å². The second-order valence-electron chi connectivity index (χ2n) is 8.76. The second-order valence-corrected chi connectivity index (χ2v) is 10.5. The first-order chi connectivity index (χ1) is 18.2. The molecule has 0 fully saturated rings. The fourth-order valence-electron chi connectivity index (χ4n) is 4.34. The van der Waals surface area contributed by atoms with E-state index in [0.29, 0.717) is 4.88 Å². The number of anilines is 1. The monoisotopic (exact) mass is 527 g/mol. The molecule has 0 radical (unpaired) electrons. The van der Waals surface area contributed by atoms with E-state index in [1.807, 2.05) is 18.3 Å². The molecule has 2 aromatic heterocycles. The van der Waals surface area contributed by atoms with Gasteiger partial charge in [0.05, 0.1) is 29.6 Å². The summed E-state index contributed by atoms with van der Waals surface area (Å²) < 4.78 is 0. The Bertz CT molecular complexity index is 1460. The van der Waals surface area contributed by atoms with Gasteiger partial charge in [0.15, 0.2) is 0 Å². The number of aromatic amines is 1. The molecule has 2 heterocycles. The molecular formula is C29H29N5OS2. The van der Waals surface area contributed by atoms with Gasteiger partial charge in [-0.1, -0.05) is 48.5 Å². The standard InChI is InChI=1S/C29H29N5OS2/c1-36-26-12-5-4-10-23(26)31-15-7-6-11-24(34-29(35)27-18-30-19-37-27)28-32-17-25(33-28)22-14-13-20-8-2-3-9-21(20)16-22/h2-5,8-10,12-14,16-19,24,31H,6-7,11,15H2,1H3,(H,32,33)(H,34,35)/t24-/m0/s1. The van der Waals surface area contributed by atoms with Crippen molar-refractivity contribution < 1.29 is 4.79 Å². The number of hydrogen-bond donors (Lipinski definition) is 3. The number of benzene rings is 3. The molecule has 6 nitrogen and oxygen atoms in total. The lowest BCUT2D eigenvalue weighted by Crippen LogP contribution is -2.29. The molecule has 3 aromatic carbocycles. The number of aromatic nitrogens is 3. The van der Waals surface area contributed by atoms with E-state index in [1.54, 1.807) is 23.5 Å². The van der Waals surface area contributed by atoms with Gasteiger partial charge in [-0.3, -0.25) is 9.78 Å². The number of imidazole rings is 1. The molecule has 1 atom stereocenters. The van der Waals surface area contributed by atoms with Crippen LogP contribution >= 0.6 is 23.1 Å². The van der Waals surface area contributed by atoms with Gasteiger partial charge in [-0.05, 0) is 54.5 Å². The highest BCUT2D eigenvalue weighted by molar-refractivity contribution is 7.98. The third-order valence-electron chi connectivity index (χ3n) is 6.29. The van der Waals surface area contributed by atoms with Crippen LogP contribution < -0.4 is 10.6 Å². The van der Waals surface area contributed by atoms with Crippen LogP contribution in [0, 0.1) is 0 Å². The maximum atomic E-state index is 12.9. The van der Waals surface area contributed by atoms with Gasteiger partial charge in [0.1, 0.15) is 10.7 Å².